The third kappa shape index (κ3) is 5.66. The molecule has 1 aromatic heterocycles. The summed E-state index contributed by atoms with van der Waals surface area (Å²) in [6.07, 6.45) is 0. The maximum Gasteiger partial charge on any atom is 0.268 e. The second kappa shape index (κ2) is 10.4. The molecule has 0 aliphatic rings. The minimum atomic E-state index is -0.173. The number of hydrogen-bond acceptors (Lipinski definition) is 3. The highest BCUT2D eigenvalue weighted by atomic mass is 16.2. The number of nitrogens with zero attached hydrogens (tertiary/aromatic N) is 1. The second-order valence-corrected chi connectivity index (χ2v) is 10.3. The fourth-order valence-corrected chi connectivity index (χ4v) is 4.15. The standard InChI is InChI=1S/C30H34N4O2/c1-30(2,3)22-13-11-21(12-14-22)28(35)32-23-15-16-25-24(19-23)26(20-9-7-6-8-10-20)27(33-25)29(36)31-17-18-34(4)5/h6-16,19,33H,17-18H2,1-5H3,(H,31,36)(H,32,35). The predicted molar refractivity (Wildman–Crippen MR) is 148 cm³/mol. The molecule has 3 N–H and O–H groups in total. The highest BCUT2D eigenvalue weighted by molar-refractivity contribution is 6.11. The fourth-order valence-electron chi connectivity index (χ4n) is 4.15. The van der Waals surface area contributed by atoms with Crippen molar-refractivity contribution in [2.24, 2.45) is 0 Å². The van der Waals surface area contributed by atoms with E-state index in [1.807, 2.05) is 91.8 Å². The number of benzene rings is 3. The normalized spacial score (nSPS) is 11.6. The van der Waals surface area contributed by atoms with Gasteiger partial charge in [-0.05, 0) is 61.0 Å². The van der Waals surface area contributed by atoms with Crippen LogP contribution in [0.1, 0.15) is 47.2 Å². The number of amides is 2. The van der Waals surface area contributed by atoms with Gasteiger partial charge in [0.1, 0.15) is 5.69 Å². The number of aromatic amines is 1. The van der Waals surface area contributed by atoms with Crippen LogP contribution >= 0.6 is 0 Å². The van der Waals surface area contributed by atoms with E-state index >= 15 is 0 Å². The number of nitrogens with one attached hydrogen (secondary N) is 3. The van der Waals surface area contributed by atoms with Crippen LogP contribution in [-0.4, -0.2) is 48.9 Å². The van der Waals surface area contributed by atoms with Gasteiger partial charge in [-0.3, -0.25) is 9.59 Å². The van der Waals surface area contributed by atoms with Crippen LogP contribution in [0.3, 0.4) is 0 Å². The molecule has 36 heavy (non-hydrogen) atoms. The lowest BCUT2D eigenvalue weighted by Crippen LogP contribution is -2.31. The summed E-state index contributed by atoms with van der Waals surface area (Å²) in [7, 11) is 3.94. The number of H-pyrrole nitrogens is 1. The maximum atomic E-state index is 13.1. The van der Waals surface area contributed by atoms with Crippen LogP contribution in [0.4, 0.5) is 5.69 Å². The van der Waals surface area contributed by atoms with E-state index in [-0.39, 0.29) is 17.2 Å². The van der Waals surface area contributed by atoms with Crippen molar-refractivity contribution in [1.29, 1.82) is 0 Å². The minimum absolute atomic E-state index is 0.0264. The molecule has 186 valence electrons. The number of aromatic nitrogens is 1. The first-order valence-corrected chi connectivity index (χ1v) is 12.2. The molecule has 0 aliphatic carbocycles. The largest absolute Gasteiger partial charge is 0.350 e. The number of hydrogen-bond donors (Lipinski definition) is 3. The van der Waals surface area contributed by atoms with Crippen molar-refractivity contribution in [3.8, 4) is 11.1 Å². The molecule has 0 unspecified atom stereocenters. The molecule has 0 atom stereocenters. The molecular formula is C30H34N4O2. The molecule has 2 amide bonds. The lowest BCUT2D eigenvalue weighted by molar-refractivity contribution is 0.0946. The fraction of sp³-hybridized carbons (Fsp3) is 0.267. The van der Waals surface area contributed by atoms with E-state index in [9.17, 15) is 9.59 Å². The summed E-state index contributed by atoms with van der Waals surface area (Å²) in [5.74, 6) is -0.329. The first kappa shape index (κ1) is 25.2. The van der Waals surface area contributed by atoms with Gasteiger partial charge in [0.05, 0.1) is 0 Å². The Morgan fingerprint density at radius 1 is 0.889 bits per heavy atom. The van der Waals surface area contributed by atoms with Crippen LogP contribution in [-0.2, 0) is 5.41 Å². The Balaban J connectivity index is 1.66. The first-order chi connectivity index (χ1) is 17.1. The monoisotopic (exact) mass is 482 g/mol. The molecule has 0 radical (unpaired) electrons. The topological polar surface area (TPSA) is 77.2 Å². The molecule has 0 bridgehead atoms. The molecule has 4 rings (SSSR count). The Bertz CT molecular complexity index is 1360. The summed E-state index contributed by atoms with van der Waals surface area (Å²) < 4.78 is 0. The zero-order chi connectivity index (χ0) is 25.9. The summed E-state index contributed by atoms with van der Waals surface area (Å²) in [5.41, 5.74) is 5.57. The van der Waals surface area contributed by atoms with Crippen molar-refractivity contribution in [2.75, 3.05) is 32.5 Å². The predicted octanol–water partition coefficient (Wildman–Crippen LogP) is 5.68. The molecule has 4 aromatic rings. The Kier molecular flexibility index (Phi) is 7.27. The van der Waals surface area contributed by atoms with Gasteiger partial charge in [-0.15, -0.1) is 0 Å². The summed E-state index contributed by atoms with van der Waals surface area (Å²) in [4.78, 5) is 31.4. The van der Waals surface area contributed by atoms with Crippen LogP contribution in [0.15, 0.2) is 72.8 Å². The van der Waals surface area contributed by atoms with Gasteiger partial charge in [-0.25, -0.2) is 0 Å². The van der Waals surface area contributed by atoms with Crippen molar-refractivity contribution in [1.82, 2.24) is 15.2 Å². The number of fused-ring (bicyclic) bond motifs is 1. The van der Waals surface area contributed by atoms with E-state index in [1.165, 1.54) is 5.56 Å². The molecular weight excluding hydrogens is 448 g/mol. The summed E-state index contributed by atoms with van der Waals surface area (Å²) >= 11 is 0. The average molecular weight is 483 g/mol. The van der Waals surface area contributed by atoms with Gasteiger partial charge < -0.3 is 20.5 Å². The van der Waals surface area contributed by atoms with E-state index in [0.717, 1.165) is 28.6 Å². The van der Waals surface area contributed by atoms with Gasteiger partial charge in [0.2, 0.25) is 0 Å². The van der Waals surface area contributed by atoms with E-state index in [4.69, 9.17) is 0 Å². The van der Waals surface area contributed by atoms with Gasteiger partial charge in [-0.1, -0.05) is 63.2 Å². The lowest BCUT2D eigenvalue weighted by Gasteiger charge is -2.19. The Morgan fingerprint density at radius 3 is 2.22 bits per heavy atom. The molecule has 6 heteroatoms. The molecule has 0 spiro atoms. The van der Waals surface area contributed by atoms with Crippen LogP contribution in [0.5, 0.6) is 0 Å². The van der Waals surface area contributed by atoms with Gasteiger partial charge in [-0.2, -0.15) is 0 Å². The molecule has 6 nitrogen and oxygen atoms in total. The number of anilines is 1. The van der Waals surface area contributed by atoms with E-state index in [2.05, 4.69) is 36.4 Å². The average Bonchev–Trinajstić information content (AvgIpc) is 3.23. The Hall–Kier alpha value is -3.90. The number of carbonyl (C=O) groups excluding carboxylic acids is 2. The highest BCUT2D eigenvalue weighted by Crippen LogP contribution is 2.34. The molecule has 0 fully saturated rings. The van der Waals surface area contributed by atoms with E-state index in [1.54, 1.807) is 0 Å². The number of likely N-dealkylation sites (N-methyl/N-ethyl adjacent to an activating group) is 1. The second-order valence-electron chi connectivity index (χ2n) is 10.3. The summed E-state index contributed by atoms with van der Waals surface area (Å²) in [6.45, 7) is 7.74. The van der Waals surface area contributed by atoms with Crippen molar-refractivity contribution in [3.05, 3.63) is 89.6 Å². The van der Waals surface area contributed by atoms with Gasteiger partial charge >= 0.3 is 0 Å². The quantitative estimate of drug-likeness (QED) is 0.317. The highest BCUT2D eigenvalue weighted by Gasteiger charge is 2.20. The minimum Gasteiger partial charge on any atom is -0.350 e. The van der Waals surface area contributed by atoms with Gasteiger partial charge in [0, 0.05) is 40.8 Å². The summed E-state index contributed by atoms with van der Waals surface area (Å²) in [6, 6.07) is 23.2. The molecule has 0 saturated heterocycles. The van der Waals surface area contributed by atoms with E-state index < -0.39 is 0 Å². The van der Waals surface area contributed by atoms with E-state index in [0.29, 0.717) is 23.5 Å². The van der Waals surface area contributed by atoms with Gasteiger partial charge in [0.25, 0.3) is 11.8 Å². The molecule has 0 saturated carbocycles. The summed E-state index contributed by atoms with van der Waals surface area (Å²) in [5, 5.41) is 6.89. The zero-order valence-electron chi connectivity index (χ0n) is 21.6. The lowest BCUT2D eigenvalue weighted by atomic mass is 9.87. The van der Waals surface area contributed by atoms with Crippen molar-refractivity contribution in [3.63, 3.8) is 0 Å². The SMILES string of the molecule is CN(C)CCNC(=O)c1[nH]c2ccc(NC(=O)c3ccc(C(C)(C)C)cc3)cc2c1-c1ccccc1. The van der Waals surface area contributed by atoms with Crippen LogP contribution in [0.2, 0.25) is 0 Å². The van der Waals surface area contributed by atoms with Crippen molar-refractivity contribution in [2.45, 2.75) is 26.2 Å². The van der Waals surface area contributed by atoms with Crippen LogP contribution in [0.25, 0.3) is 22.0 Å². The Labute approximate surface area is 212 Å². The Morgan fingerprint density at radius 2 is 1.58 bits per heavy atom. The zero-order valence-corrected chi connectivity index (χ0v) is 21.6. The third-order valence-electron chi connectivity index (χ3n) is 6.20. The maximum absolute atomic E-state index is 13.1. The van der Waals surface area contributed by atoms with Gasteiger partial charge in [0.15, 0.2) is 0 Å². The first-order valence-electron chi connectivity index (χ1n) is 12.2. The molecule has 1 heterocycles. The number of carbonyl (C=O) groups is 2. The van der Waals surface area contributed by atoms with Crippen LogP contribution < -0.4 is 10.6 Å². The molecule has 3 aromatic carbocycles. The molecule has 0 aliphatic heterocycles. The number of rotatable bonds is 7. The smallest absolute Gasteiger partial charge is 0.268 e. The third-order valence-corrected chi connectivity index (χ3v) is 6.20. The van der Waals surface area contributed by atoms with Crippen LogP contribution in [0, 0.1) is 0 Å². The van der Waals surface area contributed by atoms with Crippen molar-refractivity contribution >= 4 is 28.4 Å². The van der Waals surface area contributed by atoms with Crippen molar-refractivity contribution < 1.29 is 9.59 Å².